The molecular weight excluding hydrogens is 520 g/mol. The smallest absolute Gasteiger partial charge is 0.328 e. The number of hydrogen-bond acceptors (Lipinski definition) is 7. The summed E-state index contributed by atoms with van der Waals surface area (Å²) in [6.45, 7) is 5.81. The van der Waals surface area contributed by atoms with Gasteiger partial charge in [-0.2, -0.15) is 9.78 Å². The molecule has 0 amide bonds. The van der Waals surface area contributed by atoms with Crippen LogP contribution < -0.4 is 10.3 Å². The van der Waals surface area contributed by atoms with Crippen LogP contribution in [0.4, 0.5) is 0 Å². The fourth-order valence-corrected chi connectivity index (χ4v) is 5.28. The Kier molecular flexibility index (Phi) is 6.62. The minimum Gasteiger partial charge on any atom is -0.496 e. The highest BCUT2D eigenvalue weighted by atomic mass is 16.5. The van der Waals surface area contributed by atoms with E-state index in [0.717, 1.165) is 27.5 Å². The first kappa shape index (κ1) is 26.1. The summed E-state index contributed by atoms with van der Waals surface area (Å²) in [4.78, 5) is 31.2. The number of furan rings is 1. The molecule has 6 aromatic rings. The minimum absolute atomic E-state index is 0.254. The molecule has 9 heteroatoms. The van der Waals surface area contributed by atoms with E-state index in [4.69, 9.17) is 18.9 Å². The standard InChI is InChI=1S/C32H28N4O5/c1-5-40-32(38)20(3)35-19(2)24(21-11-7-9-14-26(21)35)18-33-36-30(34-25-13-8-6-12-22(25)31(36)37)29-17-23-27(39-4)15-10-16-28(23)41-29/h6-18,20H,5H2,1-4H3/t20-/m0/s1. The van der Waals surface area contributed by atoms with Crippen LogP contribution in [0.3, 0.4) is 0 Å². The number of carbonyl (C=O) groups excluding carboxylic acids is 1. The highest BCUT2D eigenvalue weighted by Crippen LogP contribution is 2.33. The maximum atomic E-state index is 13.8. The van der Waals surface area contributed by atoms with Crippen molar-refractivity contribution in [3.8, 4) is 17.3 Å². The van der Waals surface area contributed by atoms with E-state index < -0.39 is 6.04 Å². The number of para-hydroxylation sites is 2. The molecule has 3 aromatic carbocycles. The highest BCUT2D eigenvalue weighted by Gasteiger charge is 2.23. The molecule has 9 nitrogen and oxygen atoms in total. The Morgan fingerprint density at radius 1 is 1.05 bits per heavy atom. The highest BCUT2D eigenvalue weighted by molar-refractivity contribution is 6.02. The van der Waals surface area contributed by atoms with E-state index in [1.165, 1.54) is 4.68 Å². The second-order valence-corrected chi connectivity index (χ2v) is 9.61. The van der Waals surface area contributed by atoms with E-state index in [-0.39, 0.29) is 17.4 Å². The largest absolute Gasteiger partial charge is 0.496 e. The van der Waals surface area contributed by atoms with Crippen LogP contribution in [0, 0.1) is 6.92 Å². The van der Waals surface area contributed by atoms with E-state index in [0.29, 0.717) is 34.6 Å². The summed E-state index contributed by atoms with van der Waals surface area (Å²) >= 11 is 0. The molecule has 41 heavy (non-hydrogen) atoms. The second kappa shape index (κ2) is 10.4. The van der Waals surface area contributed by atoms with Gasteiger partial charge in [-0.3, -0.25) is 4.79 Å². The molecule has 0 radical (unpaired) electrons. The molecule has 1 atom stereocenters. The molecule has 0 saturated carbocycles. The van der Waals surface area contributed by atoms with Crippen LogP contribution in [0.5, 0.6) is 5.75 Å². The Bertz CT molecular complexity index is 2030. The Hall–Kier alpha value is -5.18. The fourth-order valence-electron chi connectivity index (χ4n) is 5.28. The van der Waals surface area contributed by atoms with Crippen molar-refractivity contribution in [3.63, 3.8) is 0 Å². The number of aromatic nitrogens is 3. The van der Waals surface area contributed by atoms with Gasteiger partial charge in [0.1, 0.15) is 17.4 Å². The molecule has 0 fully saturated rings. The van der Waals surface area contributed by atoms with Crippen molar-refractivity contribution in [2.45, 2.75) is 26.8 Å². The predicted octanol–water partition coefficient (Wildman–Crippen LogP) is 6.09. The van der Waals surface area contributed by atoms with Crippen LogP contribution in [0.1, 0.15) is 31.1 Å². The topological polar surface area (TPSA) is 101 Å². The van der Waals surface area contributed by atoms with Gasteiger partial charge in [0.15, 0.2) is 5.76 Å². The van der Waals surface area contributed by atoms with Crippen molar-refractivity contribution in [1.82, 2.24) is 14.2 Å². The van der Waals surface area contributed by atoms with Gasteiger partial charge < -0.3 is 18.5 Å². The lowest BCUT2D eigenvalue weighted by Gasteiger charge is -2.16. The second-order valence-electron chi connectivity index (χ2n) is 9.61. The maximum Gasteiger partial charge on any atom is 0.328 e. The molecule has 3 heterocycles. The number of benzene rings is 3. The van der Waals surface area contributed by atoms with Crippen molar-refractivity contribution in [1.29, 1.82) is 0 Å². The van der Waals surface area contributed by atoms with Gasteiger partial charge in [0.25, 0.3) is 5.56 Å². The van der Waals surface area contributed by atoms with E-state index in [2.05, 4.69) is 5.10 Å². The number of ether oxygens (including phenoxy) is 2. The first-order chi connectivity index (χ1) is 19.9. The molecule has 6 rings (SSSR count). The third-order valence-electron chi connectivity index (χ3n) is 7.24. The van der Waals surface area contributed by atoms with Gasteiger partial charge in [0.2, 0.25) is 5.82 Å². The van der Waals surface area contributed by atoms with Crippen molar-refractivity contribution in [2.75, 3.05) is 13.7 Å². The Morgan fingerprint density at radius 2 is 1.80 bits per heavy atom. The van der Waals surface area contributed by atoms with E-state index in [1.54, 1.807) is 44.5 Å². The van der Waals surface area contributed by atoms with Crippen molar-refractivity contribution in [2.24, 2.45) is 5.10 Å². The van der Waals surface area contributed by atoms with Crippen LogP contribution in [-0.4, -0.2) is 40.1 Å². The van der Waals surface area contributed by atoms with Gasteiger partial charge in [-0.05, 0) is 57.2 Å². The lowest BCUT2D eigenvalue weighted by molar-refractivity contribution is -0.146. The zero-order chi connectivity index (χ0) is 28.7. The molecule has 0 aliphatic rings. The number of methoxy groups -OCH3 is 1. The van der Waals surface area contributed by atoms with Crippen molar-refractivity contribution < 1.29 is 18.7 Å². The first-order valence-electron chi connectivity index (χ1n) is 13.3. The molecule has 206 valence electrons. The van der Waals surface area contributed by atoms with E-state index in [9.17, 15) is 9.59 Å². The molecule has 0 aliphatic heterocycles. The number of rotatable bonds is 7. The monoisotopic (exact) mass is 548 g/mol. The van der Waals surface area contributed by atoms with E-state index >= 15 is 0 Å². The number of nitrogens with zero attached hydrogens (tertiary/aromatic N) is 4. The predicted molar refractivity (Wildman–Crippen MR) is 159 cm³/mol. The summed E-state index contributed by atoms with van der Waals surface area (Å²) in [5.74, 6) is 0.955. The quantitative estimate of drug-likeness (QED) is 0.177. The van der Waals surface area contributed by atoms with Crippen LogP contribution in [-0.2, 0) is 9.53 Å². The van der Waals surface area contributed by atoms with Crippen LogP contribution in [0.2, 0.25) is 0 Å². The fraction of sp³-hybridized carbons (Fsp3) is 0.188. The zero-order valence-electron chi connectivity index (χ0n) is 23.1. The van der Waals surface area contributed by atoms with Crippen LogP contribution >= 0.6 is 0 Å². The van der Waals surface area contributed by atoms with Gasteiger partial charge in [-0.1, -0.05) is 36.4 Å². The third-order valence-corrected chi connectivity index (χ3v) is 7.24. The van der Waals surface area contributed by atoms with Gasteiger partial charge in [-0.25, -0.2) is 9.78 Å². The number of carbonyl (C=O) groups is 1. The normalized spacial score (nSPS) is 12.5. The first-order valence-corrected chi connectivity index (χ1v) is 13.3. The summed E-state index contributed by atoms with van der Waals surface area (Å²) in [5.41, 5.74) is 3.24. The minimum atomic E-state index is -0.548. The third kappa shape index (κ3) is 4.35. The summed E-state index contributed by atoms with van der Waals surface area (Å²) in [6.07, 6.45) is 1.64. The molecule has 0 saturated heterocycles. The molecular formula is C32H28N4O5. The Balaban J connectivity index is 1.56. The summed E-state index contributed by atoms with van der Waals surface area (Å²) in [5, 5.41) is 6.75. The summed E-state index contributed by atoms with van der Waals surface area (Å²) < 4.78 is 20.1. The molecule has 3 aromatic heterocycles. The van der Waals surface area contributed by atoms with Gasteiger partial charge >= 0.3 is 5.97 Å². The van der Waals surface area contributed by atoms with Crippen LogP contribution in [0.25, 0.3) is 44.4 Å². The number of fused-ring (bicyclic) bond motifs is 3. The molecule has 0 unspecified atom stereocenters. The number of hydrogen-bond donors (Lipinski definition) is 0. The van der Waals surface area contributed by atoms with Gasteiger partial charge in [-0.15, -0.1) is 0 Å². The van der Waals surface area contributed by atoms with E-state index in [1.807, 2.05) is 66.9 Å². The molecule has 0 spiro atoms. The average molecular weight is 549 g/mol. The molecule has 0 aliphatic carbocycles. The lowest BCUT2D eigenvalue weighted by atomic mass is 10.1. The lowest BCUT2D eigenvalue weighted by Crippen LogP contribution is -2.21. The van der Waals surface area contributed by atoms with Gasteiger partial charge in [0, 0.05) is 22.2 Å². The summed E-state index contributed by atoms with van der Waals surface area (Å²) in [6, 6.07) is 21.7. The Labute approximate surface area is 235 Å². The molecule has 0 N–H and O–H groups in total. The van der Waals surface area contributed by atoms with Crippen LogP contribution in [0.15, 0.2) is 87.1 Å². The SMILES string of the molecule is CCOC(=O)[C@H](C)n1c(C)c(C=Nn2c(-c3cc4c(OC)cccc4o3)nc3ccccc3c2=O)c2ccccc21. The number of esters is 1. The Morgan fingerprint density at radius 3 is 2.59 bits per heavy atom. The maximum absolute atomic E-state index is 13.8. The average Bonchev–Trinajstić information content (AvgIpc) is 3.55. The van der Waals surface area contributed by atoms with Gasteiger partial charge in [0.05, 0.1) is 36.2 Å². The van der Waals surface area contributed by atoms with Crippen molar-refractivity contribution >= 4 is 45.0 Å². The molecule has 0 bridgehead atoms. The zero-order valence-corrected chi connectivity index (χ0v) is 23.1. The summed E-state index contributed by atoms with van der Waals surface area (Å²) in [7, 11) is 1.59. The van der Waals surface area contributed by atoms with Crippen molar-refractivity contribution in [3.05, 3.63) is 94.4 Å².